The van der Waals surface area contributed by atoms with Gasteiger partial charge in [-0.25, -0.2) is 0 Å². The van der Waals surface area contributed by atoms with E-state index < -0.39 is 0 Å². The molecule has 0 spiro atoms. The van der Waals surface area contributed by atoms with E-state index in [1.54, 1.807) is 0 Å². The maximum absolute atomic E-state index is 11.9. The summed E-state index contributed by atoms with van der Waals surface area (Å²) in [6, 6.07) is 1.84. The highest BCUT2D eigenvalue weighted by Crippen LogP contribution is 2.38. The van der Waals surface area contributed by atoms with Crippen molar-refractivity contribution in [3.05, 3.63) is 10.9 Å². The first-order chi connectivity index (χ1) is 8.58. The zero-order valence-electron chi connectivity index (χ0n) is 10.9. The van der Waals surface area contributed by atoms with Crippen LogP contribution in [0.1, 0.15) is 36.4 Å². The molecule has 1 aromatic heterocycles. The fourth-order valence-corrected chi connectivity index (χ4v) is 2.71. The maximum Gasteiger partial charge on any atom is 0.178 e. The molecule has 3 N–H and O–H groups in total. The molecule has 4 nitrogen and oxygen atoms in total. The zero-order chi connectivity index (χ0) is 13.1. The van der Waals surface area contributed by atoms with Crippen molar-refractivity contribution in [3.63, 3.8) is 0 Å². The number of thiophene rings is 1. The van der Waals surface area contributed by atoms with Gasteiger partial charge in [0.25, 0.3) is 0 Å². The van der Waals surface area contributed by atoms with Crippen molar-refractivity contribution in [2.45, 2.75) is 32.8 Å². The molecule has 2 rings (SSSR count). The van der Waals surface area contributed by atoms with E-state index in [0.29, 0.717) is 17.2 Å². The van der Waals surface area contributed by atoms with E-state index in [-0.39, 0.29) is 17.8 Å². The lowest BCUT2D eigenvalue weighted by atomic mass is 10.2. The van der Waals surface area contributed by atoms with E-state index in [4.69, 9.17) is 10.5 Å². The van der Waals surface area contributed by atoms with Gasteiger partial charge in [-0.15, -0.1) is 11.3 Å². The molecular weight excluding hydrogens is 248 g/mol. The van der Waals surface area contributed by atoms with Gasteiger partial charge in [-0.1, -0.05) is 0 Å². The van der Waals surface area contributed by atoms with Gasteiger partial charge in [-0.2, -0.15) is 0 Å². The minimum atomic E-state index is 0.212. The van der Waals surface area contributed by atoms with Gasteiger partial charge in [0.1, 0.15) is 0 Å². The van der Waals surface area contributed by atoms with Gasteiger partial charge in [0.05, 0.1) is 28.3 Å². The average Bonchev–Trinajstić information content (AvgIpc) is 3.08. The number of anilines is 2. The Balaban J connectivity index is 1.86. The Morgan fingerprint density at radius 3 is 2.94 bits per heavy atom. The van der Waals surface area contributed by atoms with Crippen molar-refractivity contribution < 1.29 is 9.53 Å². The maximum atomic E-state index is 11.9. The molecule has 0 amide bonds. The third kappa shape index (κ3) is 3.46. The van der Waals surface area contributed by atoms with Gasteiger partial charge < -0.3 is 15.8 Å². The highest BCUT2D eigenvalue weighted by atomic mass is 32.1. The number of carbonyl (C=O) groups is 1. The molecule has 1 aliphatic rings. The molecule has 18 heavy (non-hydrogen) atoms. The minimum absolute atomic E-state index is 0.212. The van der Waals surface area contributed by atoms with Crippen LogP contribution in [0.4, 0.5) is 10.7 Å². The van der Waals surface area contributed by atoms with Crippen molar-refractivity contribution in [1.82, 2.24) is 0 Å². The second kappa shape index (κ2) is 5.71. The number of nitrogen functional groups attached to an aromatic ring is 1. The van der Waals surface area contributed by atoms with Crippen LogP contribution in [-0.4, -0.2) is 25.0 Å². The van der Waals surface area contributed by atoms with Gasteiger partial charge in [0.15, 0.2) is 5.78 Å². The number of carbonyl (C=O) groups excluding carboxylic acids is 1. The molecule has 0 aromatic carbocycles. The summed E-state index contributed by atoms with van der Waals surface area (Å²) < 4.78 is 5.44. The quantitative estimate of drug-likeness (QED) is 0.589. The summed E-state index contributed by atoms with van der Waals surface area (Å²) >= 11 is 1.45. The first-order valence-electron chi connectivity index (χ1n) is 6.37. The van der Waals surface area contributed by atoms with Crippen molar-refractivity contribution in [2.75, 3.05) is 24.2 Å². The Kier molecular flexibility index (Phi) is 4.24. The molecule has 1 heterocycles. The minimum Gasteiger partial charge on any atom is -0.397 e. The molecule has 0 saturated heterocycles. The van der Waals surface area contributed by atoms with E-state index >= 15 is 0 Å². The van der Waals surface area contributed by atoms with E-state index in [1.807, 2.05) is 19.9 Å². The molecule has 0 radical (unpaired) electrons. The zero-order valence-corrected chi connectivity index (χ0v) is 11.7. The Labute approximate surface area is 112 Å². The molecule has 0 unspecified atom stereocenters. The molecule has 1 aromatic rings. The third-order valence-electron chi connectivity index (χ3n) is 2.79. The molecule has 5 heteroatoms. The Morgan fingerprint density at radius 2 is 2.33 bits per heavy atom. The van der Waals surface area contributed by atoms with Crippen LogP contribution < -0.4 is 11.1 Å². The SMILES string of the molecule is CC(C)OCCNc1cc(N)c(C(=O)C2CC2)s1. The van der Waals surface area contributed by atoms with Crippen molar-refractivity contribution in [3.8, 4) is 0 Å². The van der Waals surface area contributed by atoms with Crippen LogP contribution in [0.25, 0.3) is 0 Å². The second-order valence-corrected chi connectivity index (χ2v) is 5.93. The van der Waals surface area contributed by atoms with E-state index in [9.17, 15) is 4.79 Å². The van der Waals surface area contributed by atoms with Gasteiger partial charge in [-0.3, -0.25) is 4.79 Å². The fourth-order valence-electron chi connectivity index (χ4n) is 1.68. The second-order valence-electron chi connectivity index (χ2n) is 4.88. The number of nitrogens with two attached hydrogens (primary N) is 1. The number of ketones is 1. The summed E-state index contributed by atoms with van der Waals surface area (Å²) in [6.45, 7) is 5.40. The normalized spacial score (nSPS) is 15.1. The summed E-state index contributed by atoms with van der Waals surface area (Å²) in [5.74, 6) is 0.437. The molecule has 1 saturated carbocycles. The predicted molar refractivity (Wildman–Crippen MR) is 75.4 cm³/mol. The standard InChI is InChI=1S/C13H20N2O2S/c1-8(2)17-6-5-15-11-7-10(14)13(18-11)12(16)9-3-4-9/h7-9,15H,3-6,14H2,1-2H3. The fraction of sp³-hybridized carbons (Fsp3) is 0.615. The smallest absolute Gasteiger partial charge is 0.178 e. The highest BCUT2D eigenvalue weighted by Gasteiger charge is 2.32. The molecule has 0 aliphatic heterocycles. The van der Waals surface area contributed by atoms with Crippen molar-refractivity contribution in [1.29, 1.82) is 0 Å². The summed E-state index contributed by atoms with van der Waals surface area (Å²) in [5, 5.41) is 4.18. The van der Waals surface area contributed by atoms with Gasteiger partial charge in [0, 0.05) is 12.5 Å². The summed E-state index contributed by atoms with van der Waals surface area (Å²) in [7, 11) is 0. The molecule has 1 fully saturated rings. The lowest BCUT2D eigenvalue weighted by Crippen LogP contribution is -2.12. The highest BCUT2D eigenvalue weighted by molar-refractivity contribution is 7.18. The lowest BCUT2D eigenvalue weighted by molar-refractivity contribution is 0.0871. The van der Waals surface area contributed by atoms with Crippen LogP contribution in [0, 0.1) is 5.92 Å². The molecule has 100 valence electrons. The van der Waals surface area contributed by atoms with E-state index in [2.05, 4.69) is 5.32 Å². The molecule has 0 atom stereocenters. The van der Waals surface area contributed by atoms with Gasteiger partial charge in [-0.05, 0) is 32.8 Å². The number of hydrogen-bond acceptors (Lipinski definition) is 5. The molecular formula is C13H20N2O2S. The number of rotatable bonds is 7. The summed E-state index contributed by atoms with van der Waals surface area (Å²) in [4.78, 5) is 12.7. The average molecular weight is 268 g/mol. The number of Topliss-reactive ketones (excluding diaryl/α,β-unsaturated/α-hetero) is 1. The topological polar surface area (TPSA) is 64.3 Å². The monoisotopic (exact) mass is 268 g/mol. The van der Waals surface area contributed by atoms with E-state index in [1.165, 1.54) is 11.3 Å². The third-order valence-corrected chi connectivity index (χ3v) is 3.91. The Bertz CT molecular complexity index is 425. The largest absolute Gasteiger partial charge is 0.397 e. The van der Waals surface area contributed by atoms with Crippen LogP contribution in [0.5, 0.6) is 0 Å². The molecule has 0 bridgehead atoms. The summed E-state index contributed by atoms with van der Waals surface area (Å²) in [6.07, 6.45) is 2.27. The Morgan fingerprint density at radius 1 is 1.61 bits per heavy atom. The van der Waals surface area contributed by atoms with Crippen LogP contribution in [0.3, 0.4) is 0 Å². The van der Waals surface area contributed by atoms with Gasteiger partial charge >= 0.3 is 0 Å². The van der Waals surface area contributed by atoms with Crippen molar-refractivity contribution >= 4 is 27.8 Å². The molecule has 1 aliphatic carbocycles. The Hall–Kier alpha value is -1.07. The van der Waals surface area contributed by atoms with Crippen LogP contribution in [0.2, 0.25) is 0 Å². The first kappa shape index (κ1) is 13.4. The predicted octanol–water partition coefficient (Wildman–Crippen LogP) is 2.76. The lowest BCUT2D eigenvalue weighted by Gasteiger charge is -2.07. The van der Waals surface area contributed by atoms with Crippen molar-refractivity contribution in [2.24, 2.45) is 5.92 Å². The van der Waals surface area contributed by atoms with E-state index in [0.717, 1.165) is 24.4 Å². The van der Waals surface area contributed by atoms with Crippen LogP contribution in [-0.2, 0) is 4.74 Å². The number of hydrogen-bond donors (Lipinski definition) is 2. The number of ether oxygens (including phenoxy) is 1. The van der Waals surface area contributed by atoms with Crippen LogP contribution in [0.15, 0.2) is 6.07 Å². The first-order valence-corrected chi connectivity index (χ1v) is 7.18. The van der Waals surface area contributed by atoms with Crippen LogP contribution >= 0.6 is 11.3 Å². The van der Waals surface area contributed by atoms with Gasteiger partial charge in [0.2, 0.25) is 0 Å². The summed E-state index contributed by atoms with van der Waals surface area (Å²) in [5.41, 5.74) is 6.48. The number of nitrogens with one attached hydrogen (secondary N) is 1.